The fourth-order valence-electron chi connectivity index (χ4n) is 0.459. The Labute approximate surface area is 61.4 Å². The second-order valence-corrected chi connectivity index (χ2v) is 3.02. The lowest BCUT2D eigenvalue weighted by atomic mass is 10.5. The van der Waals surface area contributed by atoms with Crippen LogP contribution in [0.4, 0.5) is 15.7 Å². The average Bonchev–Trinajstić information content (AvgIpc) is 1.98. The molecule has 0 aliphatic rings. The summed E-state index contributed by atoms with van der Waals surface area (Å²) in [7, 11) is 0. The predicted molar refractivity (Wildman–Crippen MR) is 42.6 cm³/mol. The molecule has 0 aromatic carbocycles. The number of halogens is 1. The van der Waals surface area contributed by atoms with Gasteiger partial charge in [0, 0.05) is 0 Å². The molecule has 0 aliphatic carbocycles. The van der Waals surface area contributed by atoms with Crippen molar-refractivity contribution in [3.8, 4) is 0 Å². The van der Waals surface area contributed by atoms with Gasteiger partial charge < -0.3 is 17.2 Å². The van der Waals surface area contributed by atoms with Crippen LogP contribution in [0.25, 0.3) is 0 Å². The summed E-state index contributed by atoms with van der Waals surface area (Å²) in [6.45, 7) is 0. The topological polar surface area (TPSA) is 78.1 Å². The summed E-state index contributed by atoms with van der Waals surface area (Å²) in [5.74, 6) is 0. The van der Waals surface area contributed by atoms with Crippen molar-refractivity contribution >= 4 is 38.6 Å². The van der Waals surface area contributed by atoms with Crippen LogP contribution in [0, 0.1) is 0 Å². The molecule has 1 aromatic rings. The van der Waals surface area contributed by atoms with E-state index in [0.717, 1.165) is 0 Å². The maximum atomic E-state index is 5.58. The van der Waals surface area contributed by atoms with Crippen molar-refractivity contribution in [2.45, 2.75) is 0 Å². The number of nitrogens with two attached hydrogens (primary N) is 3. The number of anilines is 3. The van der Waals surface area contributed by atoms with Crippen LogP contribution < -0.4 is 17.2 Å². The largest absolute Gasteiger partial charge is 0.395 e. The Kier molecular flexibility index (Phi) is 1.42. The van der Waals surface area contributed by atoms with Crippen molar-refractivity contribution in [2.24, 2.45) is 0 Å². The first-order valence-electron chi connectivity index (χ1n) is 2.21. The molecule has 0 fully saturated rings. The van der Waals surface area contributed by atoms with Gasteiger partial charge >= 0.3 is 0 Å². The molecule has 5 heteroatoms. The Morgan fingerprint density at radius 1 is 1.11 bits per heavy atom. The molecule has 6 N–H and O–H groups in total. The standard InChI is InChI=1S/C4H6ClN3S/c5-1-2(6)4(8)9-3(1)7/h6-8H2. The van der Waals surface area contributed by atoms with Gasteiger partial charge in [0.15, 0.2) is 0 Å². The monoisotopic (exact) mass is 163 g/mol. The molecule has 0 radical (unpaired) electrons. The van der Waals surface area contributed by atoms with E-state index in [4.69, 9.17) is 28.8 Å². The van der Waals surface area contributed by atoms with Gasteiger partial charge in [0.25, 0.3) is 0 Å². The maximum Gasteiger partial charge on any atom is 0.113 e. The fourth-order valence-corrected chi connectivity index (χ4v) is 1.38. The molecule has 0 unspecified atom stereocenters. The summed E-state index contributed by atoms with van der Waals surface area (Å²) < 4.78 is 0. The van der Waals surface area contributed by atoms with Gasteiger partial charge in [-0.1, -0.05) is 22.9 Å². The molecule has 0 spiro atoms. The molecule has 9 heavy (non-hydrogen) atoms. The van der Waals surface area contributed by atoms with Gasteiger partial charge in [-0.3, -0.25) is 0 Å². The summed E-state index contributed by atoms with van der Waals surface area (Å²) >= 11 is 6.77. The minimum atomic E-state index is 0.373. The minimum absolute atomic E-state index is 0.373. The second kappa shape index (κ2) is 1.97. The zero-order valence-corrected chi connectivity index (χ0v) is 6.09. The molecular formula is C4H6ClN3S. The van der Waals surface area contributed by atoms with Gasteiger partial charge in [-0.2, -0.15) is 0 Å². The quantitative estimate of drug-likeness (QED) is 0.537. The Morgan fingerprint density at radius 2 is 1.67 bits per heavy atom. The summed E-state index contributed by atoms with van der Waals surface area (Å²) in [6, 6.07) is 0. The number of hydrogen-bond donors (Lipinski definition) is 3. The maximum absolute atomic E-state index is 5.58. The summed E-state index contributed by atoms with van der Waals surface area (Å²) in [5, 5.41) is 1.33. The van der Waals surface area contributed by atoms with Crippen LogP contribution in [-0.4, -0.2) is 0 Å². The molecule has 0 amide bonds. The van der Waals surface area contributed by atoms with E-state index in [9.17, 15) is 0 Å². The van der Waals surface area contributed by atoms with E-state index in [1.165, 1.54) is 11.3 Å². The van der Waals surface area contributed by atoms with Crippen molar-refractivity contribution in [3.63, 3.8) is 0 Å². The lowest BCUT2D eigenvalue weighted by Gasteiger charge is -1.86. The van der Waals surface area contributed by atoms with Crippen LogP contribution in [0.3, 0.4) is 0 Å². The van der Waals surface area contributed by atoms with Crippen LogP contribution >= 0.6 is 22.9 Å². The third-order valence-electron chi connectivity index (χ3n) is 0.938. The van der Waals surface area contributed by atoms with E-state index < -0.39 is 0 Å². The average molecular weight is 164 g/mol. The highest BCUT2D eigenvalue weighted by Crippen LogP contribution is 2.39. The molecule has 1 aromatic heterocycles. The number of thiophene rings is 1. The Balaban J connectivity index is 3.29. The molecule has 0 bridgehead atoms. The Morgan fingerprint density at radius 3 is 1.78 bits per heavy atom. The predicted octanol–water partition coefficient (Wildman–Crippen LogP) is 1.15. The van der Waals surface area contributed by atoms with Gasteiger partial charge in [0.2, 0.25) is 0 Å². The van der Waals surface area contributed by atoms with Gasteiger partial charge in [-0.05, 0) is 0 Å². The van der Waals surface area contributed by atoms with E-state index in [0.29, 0.717) is 20.7 Å². The highest BCUT2D eigenvalue weighted by molar-refractivity contribution is 7.21. The number of rotatable bonds is 0. The smallest absolute Gasteiger partial charge is 0.113 e. The van der Waals surface area contributed by atoms with Gasteiger partial charge in [0.1, 0.15) is 10.0 Å². The van der Waals surface area contributed by atoms with E-state index >= 15 is 0 Å². The normalized spacial score (nSPS) is 9.89. The van der Waals surface area contributed by atoms with Gasteiger partial charge in [-0.15, -0.1) is 0 Å². The van der Waals surface area contributed by atoms with Crippen LogP contribution in [0.5, 0.6) is 0 Å². The van der Waals surface area contributed by atoms with Gasteiger partial charge in [-0.25, -0.2) is 0 Å². The molecular weight excluding hydrogens is 158 g/mol. The van der Waals surface area contributed by atoms with Crippen LogP contribution in [0.15, 0.2) is 0 Å². The van der Waals surface area contributed by atoms with E-state index in [2.05, 4.69) is 0 Å². The first-order chi connectivity index (χ1) is 4.13. The molecule has 3 nitrogen and oxygen atoms in total. The molecule has 1 heterocycles. The number of nitrogen functional groups attached to an aromatic ring is 3. The molecule has 0 saturated heterocycles. The SMILES string of the molecule is Nc1sc(N)c(Cl)c1N. The number of hydrogen-bond acceptors (Lipinski definition) is 4. The summed E-state index contributed by atoms with van der Waals surface area (Å²) in [4.78, 5) is 0. The van der Waals surface area contributed by atoms with E-state index in [1.807, 2.05) is 0 Å². The lowest BCUT2D eigenvalue weighted by molar-refractivity contribution is 1.83. The van der Waals surface area contributed by atoms with Crippen molar-refractivity contribution in [3.05, 3.63) is 5.02 Å². The van der Waals surface area contributed by atoms with Crippen LogP contribution in [0.2, 0.25) is 5.02 Å². The lowest BCUT2D eigenvalue weighted by Crippen LogP contribution is -1.88. The van der Waals surface area contributed by atoms with Crippen molar-refractivity contribution in [1.82, 2.24) is 0 Å². The summed E-state index contributed by atoms with van der Waals surface area (Å²) in [6.07, 6.45) is 0. The molecule has 1 rings (SSSR count). The molecule has 0 atom stereocenters. The van der Waals surface area contributed by atoms with Crippen LogP contribution in [-0.2, 0) is 0 Å². The van der Waals surface area contributed by atoms with Crippen molar-refractivity contribution < 1.29 is 0 Å². The zero-order chi connectivity index (χ0) is 7.02. The van der Waals surface area contributed by atoms with Gasteiger partial charge in [0.05, 0.1) is 10.7 Å². The molecule has 0 saturated carbocycles. The Bertz CT molecular complexity index is 209. The highest BCUT2D eigenvalue weighted by atomic mass is 35.5. The summed E-state index contributed by atoms with van der Waals surface area (Å²) in [5.41, 5.74) is 16.5. The van der Waals surface area contributed by atoms with Crippen LogP contribution in [0.1, 0.15) is 0 Å². The van der Waals surface area contributed by atoms with E-state index in [1.54, 1.807) is 0 Å². The third-order valence-corrected chi connectivity index (χ3v) is 2.32. The highest BCUT2D eigenvalue weighted by Gasteiger charge is 2.07. The zero-order valence-electron chi connectivity index (χ0n) is 4.52. The fraction of sp³-hybridized carbons (Fsp3) is 0. The van der Waals surface area contributed by atoms with Crippen molar-refractivity contribution in [2.75, 3.05) is 17.2 Å². The Hall–Kier alpha value is -0.610. The second-order valence-electron chi connectivity index (χ2n) is 1.56. The molecule has 50 valence electrons. The third kappa shape index (κ3) is 0.906. The van der Waals surface area contributed by atoms with E-state index in [-0.39, 0.29) is 0 Å². The molecule has 0 aliphatic heterocycles. The first-order valence-corrected chi connectivity index (χ1v) is 3.41. The first kappa shape index (κ1) is 6.51. The minimum Gasteiger partial charge on any atom is -0.395 e. The van der Waals surface area contributed by atoms with Crippen molar-refractivity contribution in [1.29, 1.82) is 0 Å².